The van der Waals surface area contributed by atoms with E-state index in [4.69, 9.17) is 5.73 Å². The van der Waals surface area contributed by atoms with Gasteiger partial charge in [0.1, 0.15) is 0 Å². The second kappa shape index (κ2) is 4.84. The van der Waals surface area contributed by atoms with Crippen LogP contribution in [0.2, 0.25) is 0 Å². The quantitative estimate of drug-likeness (QED) is 0.713. The number of rotatable bonds is 6. The number of unbranched alkanes of at least 4 members (excludes halogenated alkanes) is 1. The van der Waals surface area contributed by atoms with Crippen LogP contribution in [0.15, 0.2) is 0 Å². The maximum absolute atomic E-state index is 10.7. The average Bonchev–Trinajstić information content (AvgIpc) is 2.72. The molecule has 18 heavy (non-hydrogen) atoms. The highest BCUT2D eigenvalue weighted by Crippen LogP contribution is 2.62. The Labute approximate surface area is 111 Å². The van der Waals surface area contributed by atoms with Gasteiger partial charge in [-0.15, -0.1) is 0 Å². The van der Waals surface area contributed by atoms with Crippen molar-refractivity contribution in [2.45, 2.75) is 65.3 Å². The largest absolute Gasteiger partial charge is 0.370 e. The van der Waals surface area contributed by atoms with Crippen LogP contribution >= 0.6 is 0 Å². The molecular weight excluding hydrogens is 224 g/mol. The molecule has 2 rings (SSSR count). The Morgan fingerprint density at radius 1 is 1.33 bits per heavy atom. The predicted molar refractivity (Wildman–Crippen MR) is 74.1 cm³/mol. The van der Waals surface area contributed by atoms with Crippen LogP contribution in [-0.2, 0) is 4.79 Å². The van der Waals surface area contributed by atoms with E-state index < -0.39 is 0 Å². The summed E-state index contributed by atoms with van der Waals surface area (Å²) < 4.78 is 0. The van der Waals surface area contributed by atoms with Gasteiger partial charge in [0.25, 0.3) is 0 Å². The minimum atomic E-state index is -0.179. The number of carbonyl (C=O) groups is 1. The smallest absolute Gasteiger partial charge is 0.217 e. The molecule has 3 atom stereocenters. The number of nitrogens with one attached hydrogen (secondary N) is 1. The van der Waals surface area contributed by atoms with Gasteiger partial charge in [-0.05, 0) is 55.4 Å². The van der Waals surface area contributed by atoms with E-state index in [0.717, 1.165) is 25.3 Å². The molecule has 3 unspecified atom stereocenters. The van der Waals surface area contributed by atoms with E-state index in [1.54, 1.807) is 0 Å². The molecule has 0 aromatic heterocycles. The number of hydrogen-bond acceptors (Lipinski definition) is 2. The fourth-order valence-corrected chi connectivity index (χ4v) is 4.48. The maximum Gasteiger partial charge on any atom is 0.217 e. The Balaban J connectivity index is 1.80. The van der Waals surface area contributed by atoms with E-state index in [1.165, 1.54) is 19.3 Å². The SMILES string of the molecule is CC12CCC(C1)C(C)(C)C2NCCCCC(N)=O. The zero-order chi connectivity index (χ0) is 13.4. The van der Waals surface area contributed by atoms with Crippen molar-refractivity contribution >= 4 is 5.91 Å². The average molecular weight is 252 g/mol. The molecule has 3 N–H and O–H groups in total. The van der Waals surface area contributed by atoms with Crippen LogP contribution in [-0.4, -0.2) is 18.5 Å². The molecule has 0 aliphatic heterocycles. The van der Waals surface area contributed by atoms with E-state index in [1.807, 2.05) is 0 Å². The van der Waals surface area contributed by atoms with Crippen LogP contribution in [0.4, 0.5) is 0 Å². The highest BCUT2D eigenvalue weighted by atomic mass is 16.1. The highest BCUT2D eigenvalue weighted by Gasteiger charge is 2.58. The normalized spacial score (nSPS) is 37.1. The Morgan fingerprint density at radius 2 is 2.06 bits per heavy atom. The third-order valence-electron chi connectivity index (χ3n) is 5.47. The minimum Gasteiger partial charge on any atom is -0.370 e. The first-order valence-electron chi connectivity index (χ1n) is 7.38. The Hall–Kier alpha value is -0.570. The topological polar surface area (TPSA) is 55.1 Å². The summed E-state index contributed by atoms with van der Waals surface area (Å²) in [5.74, 6) is 0.716. The predicted octanol–water partition coefficient (Wildman–Crippen LogP) is 2.45. The van der Waals surface area contributed by atoms with Gasteiger partial charge < -0.3 is 11.1 Å². The zero-order valence-corrected chi connectivity index (χ0v) is 12.1. The standard InChI is InChI=1S/C15H28N2O/c1-14(2)11-7-8-15(3,10-11)13(14)17-9-5-4-6-12(16)18/h11,13,17H,4-10H2,1-3H3,(H2,16,18). The number of primary amides is 1. The fourth-order valence-electron chi connectivity index (χ4n) is 4.48. The number of carbonyl (C=O) groups excluding carboxylic acids is 1. The van der Waals surface area contributed by atoms with Crippen molar-refractivity contribution in [3.05, 3.63) is 0 Å². The molecule has 2 saturated carbocycles. The first-order valence-corrected chi connectivity index (χ1v) is 7.38. The van der Waals surface area contributed by atoms with Crippen LogP contribution in [0.25, 0.3) is 0 Å². The molecule has 0 aromatic rings. The summed E-state index contributed by atoms with van der Waals surface area (Å²) >= 11 is 0. The maximum atomic E-state index is 10.7. The highest BCUT2D eigenvalue weighted by molar-refractivity contribution is 5.73. The first-order chi connectivity index (χ1) is 8.36. The molecule has 2 fully saturated rings. The number of fused-ring (bicyclic) bond motifs is 2. The van der Waals surface area contributed by atoms with Crippen LogP contribution in [0, 0.1) is 16.7 Å². The van der Waals surface area contributed by atoms with Crippen molar-refractivity contribution in [3.63, 3.8) is 0 Å². The molecule has 0 heterocycles. The summed E-state index contributed by atoms with van der Waals surface area (Å²) in [6.07, 6.45) is 6.66. The van der Waals surface area contributed by atoms with Gasteiger partial charge in [-0.3, -0.25) is 4.79 Å². The van der Waals surface area contributed by atoms with Crippen LogP contribution < -0.4 is 11.1 Å². The van der Waals surface area contributed by atoms with Gasteiger partial charge in [-0.1, -0.05) is 20.8 Å². The van der Waals surface area contributed by atoms with Crippen LogP contribution in [0.5, 0.6) is 0 Å². The lowest BCUT2D eigenvalue weighted by molar-refractivity contribution is -0.118. The molecule has 0 aromatic carbocycles. The number of hydrogen-bond donors (Lipinski definition) is 2. The van der Waals surface area contributed by atoms with Gasteiger partial charge in [0, 0.05) is 12.5 Å². The van der Waals surface area contributed by atoms with E-state index in [-0.39, 0.29) is 5.91 Å². The van der Waals surface area contributed by atoms with Crippen LogP contribution in [0.3, 0.4) is 0 Å². The fraction of sp³-hybridized carbons (Fsp3) is 0.933. The van der Waals surface area contributed by atoms with E-state index >= 15 is 0 Å². The summed E-state index contributed by atoms with van der Waals surface area (Å²) in [6, 6.07) is 0.636. The molecule has 0 saturated heterocycles. The van der Waals surface area contributed by atoms with E-state index in [0.29, 0.717) is 23.3 Å². The molecule has 0 radical (unpaired) electrons. The van der Waals surface area contributed by atoms with Gasteiger partial charge in [-0.25, -0.2) is 0 Å². The van der Waals surface area contributed by atoms with Crippen molar-refractivity contribution in [2.24, 2.45) is 22.5 Å². The second-order valence-electron chi connectivity index (χ2n) is 7.23. The molecule has 2 aliphatic carbocycles. The lowest BCUT2D eigenvalue weighted by Gasteiger charge is -2.43. The zero-order valence-electron chi connectivity index (χ0n) is 12.1. The van der Waals surface area contributed by atoms with Gasteiger partial charge >= 0.3 is 0 Å². The second-order valence-corrected chi connectivity index (χ2v) is 7.23. The van der Waals surface area contributed by atoms with E-state index in [2.05, 4.69) is 26.1 Å². The monoisotopic (exact) mass is 252 g/mol. The Bertz CT molecular complexity index is 322. The number of nitrogens with two attached hydrogens (primary N) is 1. The van der Waals surface area contributed by atoms with E-state index in [9.17, 15) is 4.79 Å². The first kappa shape index (κ1) is 13.9. The van der Waals surface area contributed by atoms with Crippen molar-refractivity contribution in [1.29, 1.82) is 0 Å². The third kappa shape index (κ3) is 2.42. The molecule has 3 heteroatoms. The van der Waals surface area contributed by atoms with Crippen molar-refractivity contribution in [3.8, 4) is 0 Å². The summed E-state index contributed by atoms with van der Waals surface area (Å²) in [6.45, 7) is 8.30. The van der Waals surface area contributed by atoms with Gasteiger partial charge in [-0.2, -0.15) is 0 Å². The molecule has 3 nitrogen and oxygen atoms in total. The number of amides is 1. The summed E-state index contributed by atoms with van der Waals surface area (Å²) in [4.78, 5) is 10.7. The third-order valence-corrected chi connectivity index (χ3v) is 5.47. The molecule has 0 spiro atoms. The lowest BCUT2D eigenvalue weighted by Crippen LogP contribution is -2.50. The molecule has 2 bridgehead atoms. The Kier molecular flexibility index (Phi) is 3.72. The van der Waals surface area contributed by atoms with Gasteiger partial charge in [0.15, 0.2) is 0 Å². The van der Waals surface area contributed by atoms with Crippen LogP contribution in [0.1, 0.15) is 59.3 Å². The van der Waals surface area contributed by atoms with Gasteiger partial charge in [0.2, 0.25) is 5.91 Å². The van der Waals surface area contributed by atoms with Gasteiger partial charge in [0.05, 0.1) is 0 Å². The minimum absolute atomic E-state index is 0.179. The van der Waals surface area contributed by atoms with Crippen molar-refractivity contribution < 1.29 is 4.79 Å². The molecular formula is C15H28N2O. The molecule has 104 valence electrons. The Morgan fingerprint density at radius 3 is 2.61 bits per heavy atom. The van der Waals surface area contributed by atoms with Crippen molar-refractivity contribution in [1.82, 2.24) is 5.32 Å². The summed E-state index contributed by atoms with van der Waals surface area (Å²) in [7, 11) is 0. The lowest BCUT2D eigenvalue weighted by atomic mass is 9.68. The summed E-state index contributed by atoms with van der Waals surface area (Å²) in [5, 5.41) is 3.77. The molecule has 1 amide bonds. The molecule has 2 aliphatic rings. The summed E-state index contributed by atoms with van der Waals surface area (Å²) in [5.41, 5.74) is 6.08. The van der Waals surface area contributed by atoms with Crippen molar-refractivity contribution in [2.75, 3.05) is 6.54 Å².